The van der Waals surface area contributed by atoms with E-state index in [2.05, 4.69) is 222 Å². The first-order chi connectivity index (χ1) is 29.6. The van der Waals surface area contributed by atoms with Crippen LogP contribution in [0.3, 0.4) is 0 Å². The van der Waals surface area contributed by atoms with Gasteiger partial charge in [0.15, 0.2) is 0 Å². The monoisotopic (exact) mass is 774 g/mol. The standard InChI is InChI=1S/C58H50N2/c1-4-10-45(11-5-1)47-16-26-54(27-17-47)60(55-28-18-48(19-29-55)46-12-6-2-7-13-46)56-32-22-50(23-33-56)49-20-30-53(31-21-49)59(52-14-8-3-9-15-52)57-34-24-51(25-35-57)58-39-42-36-43(40-58)38-44(37-42)41-58/h1-35,42-44H,36-41H2. The van der Waals surface area contributed by atoms with E-state index in [-0.39, 0.29) is 0 Å². The molecule has 292 valence electrons. The fourth-order valence-electron chi connectivity index (χ4n) is 11.4. The van der Waals surface area contributed by atoms with Gasteiger partial charge in [0.2, 0.25) is 0 Å². The van der Waals surface area contributed by atoms with Crippen LogP contribution in [0.5, 0.6) is 0 Å². The fraction of sp³-hybridized carbons (Fsp3) is 0.172. The lowest BCUT2D eigenvalue weighted by atomic mass is 9.48. The van der Waals surface area contributed by atoms with Crippen LogP contribution in [-0.4, -0.2) is 0 Å². The molecular formula is C58H50N2. The average Bonchev–Trinajstić information content (AvgIpc) is 3.31. The zero-order valence-corrected chi connectivity index (χ0v) is 34.1. The molecular weight excluding hydrogens is 725 g/mol. The Morgan fingerprint density at radius 3 is 0.833 bits per heavy atom. The highest BCUT2D eigenvalue weighted by molar-refractivity contribution is 5.82. The summed E-state index contributed by atoms with van der Waals surface area (Å²) in [4.78, 5) is 4.75. The predicted octanol–water partition coefficient (Wildman–Crippen LogP) is 16.1. The van der Waals surface area contributed by atoms with Gasteiger partial charge in [0.1, 0.15) is 0 Å². The molecule has 4 bridgehead atoms. The minimum atomic E-state index is 0.402. The Balaban J connectivity index is 0.880. The molecule has 12 rings (SSSR count). The highest BCUT2D eigenvalue weighted by Crippen LogP contribution is 2.61. The first-order valence-corrected chi connectivity index (χ1v) is 21.9. The van der Waals surface area contributed by atoms with Crippen LogP contribution in [0.4, 0.5) is 34.1 Å². The SMILES string of the molecule is c1ccc(-c2ccc(N(c3ccc(-c4ccccc4)cc3)c3ccc(-c4ccc(N(c5ccccc5)c5ccc(C67CC8CC(CC(C8)C6)C7)cc5)cc4)cc3)cc2)cc1. The van der Waals surface area contributed by atoms with Crippen LogP contribution in [-0.2, 0) is 5.41 Å². The molecule has 0 heterocycles. The van der Waals surface area contributed by atoms with Gasteiger partial charge < -0.3 is 9.80 Å². The zero-order valence-electron chi connectivity index (χ0n) is 34.1. The maximum absolute atomic E-state index is 2.47. The smallest absolute Gasteiger partial charge is 0.0462 e. The molecule has 0 aromatic heterocycles. The first kappa shape index (κ1) is 36.4. The summed E-state index contributed by atoms with van der Waals surface area (Å²) < 4.78 is 0. The van der Waals surface area contributed by atoms with E-state index in [9.17, 15) is 0 Å². The number of hydrogen-bond donors (Lipinski definition) is 0. The van der Waals surface area contributed by atoms with E-state index in [4.69, 9.17) is 0 Å². The molecule has 0 spiro atoms. The zero-order chi connectivity index (χ0) is 39.9. The summed E-state index contributed by atoms with van der Waals surface area (Å²) in [6.45, 7) is 0. The number of benzene rings is 8. The molecule has 60 heavy (non-hydrogen) atoms. The van der Waals surface area contributed by atoms with Crippen LogP contribution in [0.2, 0.25) is 0 Å². The summed E-state index contributed by atoms with van der Waals surface area (Å²) in [6.07, 6.45) is 8.61. The molecule has 2 nitrogen and oxygen atoms in total. The van der Waals surface area contributed by atoms with E-state index in [0.717, 1.165) is 40.5 Å². The van der Waals surface area contributed by atoms with E-state index >= 15 is 0 Å². The van der Waals surface area contributed by atoms with Crippen LogP contribution in [0.25, 0.3) is 33.4 Å². The second-order valence-electron chi connectivity index (χ2n) is 17.7. The number of hydrogen-bond acceptors (Lipinski definition) is 2. The van der Waals surface area contributed by atoms with Gasteiger partial charge in [0.25, 0.3) is 0 Å². The van der Waals surface area contributed by atoms with E-state index in [1.54, 1.807) is 5.56 Å². The summed E-state index contributed by atoms with van der Waals surface area (Å²) in [5.41, 5.74) is 16.1. The van der Waals surface area contributed by atoms with Crippen molar-refractivity contribution in [1.29, 1.82) is 0 Å². The summed E-state index contributed by atoms with van der Waals surface area (Å²) in [7, 11) is 0. The molecule has 8 aromatic carbocycles. The van der Waals surface area contributed by atoms with Crippen molar-refractivity contribution in [2.45, 2.75) is 43.9 Å². The van der Waals surface area contributed by atoms with Gasteiger partial charge in [0.05, 0.1) is 0 Å². The van der Waals surface area contributed by atoms with Gasteiger partial charge in [-0.15, -0.1) is 0 Å². The summed E-state index contributed by atoms with van der Waals surface area (Å²) in [5.74, 6) is 2.83. The Hall–Kier alpha value is -6.64. The lowest BCUT2D eigenvalue weighted by Gasteiger charge is -2.57. The minimum absolute atomic E-state index is 0.402. The van der Waals surface area contributed by atoms with E-state index in [1.807, 2.05) is 0 Å². The summed E-state index contributed by atoms with van der Waals surface area (Å²) in [6, 6.07) is 77.6. The van der Waals surface area contributed by atoms with Crippen LogP contribution in [0, 0.1) is 17.8 Å². The van der Waals surface area contributed by atoms with Crippen LogP contribution < -0.4 is 9.80 Å². The van der Waals surface area contributed by atoms with Gasteiger partial charge in [-0.3, -0.25) is 0 Å². The van der Waals surface area contributed by atoms with Crippen molar-refractivity contribution in [3.05, 3.63) is 218 Å². The molecule has 8 aromatic rings. The Morgan fingerprint density at radius 1 is 0.267 bits per heavy atom. The van der Waals surface area contributed by atoms with Gasteiger partial charge in [-0.25, -0.2) is 0 Å². The van der Waals surface area contributed by atoms with Crippen molar-refractivity contribution in [1.82, 2.24) is 0 Å². The molecule has 4 aliphatic carbocycles. The number of nitrogens with zero attached hydrogens (tertiary/aromatic N) is 2. The Kier molecular flexibility index (Phi) is 9.42. The van der Waals surface area contributed by atoms with Gasteiger partial charge >= 0.3 is 0 Å². The lowest BCUT2D eigenvalue weighted by molar-refractivity contribution is -0.00518. The number of para-hydroxylation sites is 1. The Morgan fingerprint density at radius 2 is 0.517 bits per heavy atom. The average molecular weight is 775 g/mol. The highest BCUT2D eigenvalue weighted by atomic mass is 15.1. The molecule has 0 atom stereocenters. The third kappa shape index (κ3) is 7.01. The third-order valence-electron chi connectivity index (χ3n) is 13.8. The maximum Gasteiger partial charge on any atom is 0.0462 e. The van der Waals surface area contributed by atoms with Crippen LogP contribution in [0.1, 0.15) is 44.1 Å². The topological polar surface area (TPSA) is 6.48 Å². The number of anilines is 6. The van der Waals surface area contributed by atoms with Crippen LogP contribution >= 0.6 is 0 Å². The molecule has 2 heteroatoms. The van der Waals surface area contributed by atoms with Crippen molar-refractivity contribution in [3.63, 3.8) is 0 Å². The first-order valence-electron chi connectivity index (χ1n) is 21.9. The largest absolute Gasteiger partial charge is 0.311 e. The minimum Gasteiger partial charge on any atom is -0.311 e. The van der Waals surface area contributed by atoms with E-state index in [0.29, 0.717) is 5.41 Å². The van der Waals surface area contributed by atoms with Crippen LogP contribution in [0.15, 0.2) is 212 Å². The number of rotatable bonds is 10. The summed E-state index contributed by atoms with van der Waals surface area (Å²) in [5, 5.41) is 0. The normalized spacial score (nSPS) is 20.2. The van der Waals surface area contributed by atoms with E-state index < -0.39 is 0 Å². The van der Waals surface area contributed by atoms with E-state index in [1.165, 1.54) is 83.3 Å². The molecule has 0 aliphatic heterocycles. The molecule has 0 N–H and O–H groups in total. The van der Waals surface area contributed by atoms with Crippen molar-refractivity contribution in [2.24, 2.45) is 17.8 Å². The maximum atomic E-state index is 2.47. The highest BCUT2D eigenvalue weighted by Gasteiger charge is 2.51. The van der Waals surface area contributed by atoms with Crippen molar-refractivity contribution >= 4 is 34.1 Å². The molecule has 4 aliphatic rings. The Bertz CT molecular complexity index is 2550. The van der Waals surface area contributed by atoms with Crippen molar-refractivity contribution in [2.75, 3.05) is 9.80 Å². The lowest BCUT2D eigenvalue weighted by Crippen LogP contribution is -2.48. The molecule has 4 saturated carbocycles. The molecule has 0 saturated heterocycles. The third-order valence-corrected chi connectivity index (χ3v) is 13.8. The van der Waals surface area contributed by atoms with Crippen molar-refractivity contribution in [3.8, 4) is 33.4 Å². The van der Waals surface area contributed by atoms with Gasteiger partial charge in [-0.05, 0) is 173 Å². The second-order valence-corrected chi connectivity index (χ2v) is 17.7. The second kappa shape index (κ2) is 15.5. The summed E-state index contributed by atoms with van der Waals surface area (Å²) >= 11 is 0. The van der Waals surface area contributed by atoms with Gasteiger partial charge in [0, 0.05) is 34.1 Å². The molecule has 0 radical (unpaired) electrons. The molecule has 0 amide bonds. The Labute approximate surface area is 355 Å². The molecule has 0 unspecified atom stereocenters. The quantitative estimate of drug-likeness (QED) is 0.137. The predicted molar refractivity (Wildman–Crippen MR) is 252 cm³/mol. The van der Waals surface area contributed by atoms with Crippen molar-refractivity contribution < 1.29 is 0 Å². The van der Waals surface area contributed by atoms with Gasteiger partial charge in [-0.2, -0.15) is 0 Å². The fourth-order valence-corrected chi connectivity index (χ4v) is 11.4. The molecule has 4 fully saturated rings. The van der Waals surface area contributed by atoms with Gasteiger partial charge in [-0.1, -0.05) is 140 Å².